The normalized spacial score (nSPS) is 17.6. The lowest BCUT2D eigenvalue weighted by atomic mass is 10.1. The van der Waals surface area contributed by atoms with Crippen LogP contribution in [0.2, 0.25) is 0 Å². The molecule has 2 aromatic carbocycles. The number of aryl methyl sites for hydroxylation is 1. The highest BCUT2D eigenvalue weighted by Gasteiger charge is 2.30. The van der Waals surface area contributed by atoms with Crippen molar-refractivity contribution in [2.24, 2.45) is 0 Å². The largest absolute Gasteiger partial charge is 0.496 e. The first kappa shape index (κ1) is 19.9. The van der Waals surface area contributed by atoms with Gasteiger partial charge in [-0.15, -0.1) is 0 Å². The Kier molecular flexibility index (Phi) is 6.19. The van der Waals surface area contributed by atoms with E-state index in [1.165, 1.54) is 5.56 Å². The monoisotopic (exact) mass is 388 g/mol. The minimum absolute atomic E-state index is 0.339. The second-order valence-corrected chi connectivity index (χ2v) is 9.05. The lowest BCUT2D eigenvalue weighted by molar-refractivity contribution is 0.145. The first-order valence-corrected chi connectivity index (χ1v) is 10.8. The molecule has 6 heteroatoms. The van der Waals surface area contributed by atoms with E-state index in [2.05, 4.69) is 36.1 Å². The number of piperazine rings is 1. The van der Waals surface area contributed by atoms with Crippen LogP contribution in [-0.4, -0.2) is 57.0 Å². The summed E-state index contributed by atoms with van der Waals surface area (Å²) < 4.78 is 32.8. The highest BCUT2D eigenvalue weighted by molar-refractivity contribution is 7.89. The quantitative estimate of drug-likeness (QED) is 0.763. The first-order chi connectivity index (χ1) is 12.9. The van der Waals surface area contributed by atoms with Crippen LogP contribution >= 0.6 is 0 Å². The predicted octanol–water partition coefficient (Wildman–Crippen LogP) is 2.94. The second kappa shape index (κ2) is 8.42. The Bertz CT molecular complexity index is 860. The molecule has 0 spiro atoms. The van der Waals surface area contributed by atoms with E-state index >= 15 is 0 Å². The van der Waals surface area contributed by atoms with Crippen LogP contribution < -0.4 is 4.74 Å². The minimum atomic E-state index is -3.47. The van der Waals surface area contributed by atoms with E-state index in [9.17, 15) is 8.42 Å². The average molecular weight is 389 g/mol. The summed E-state index contributed by atoms with van der Waals surface area (Å²) in [6.45, 7) is 6.62. The van der Waals surface area contributed by atoms with E-state index in [1.807, 2.05) is 13.0 Å². The summed E-state index contributed by atoms with van der Waals surface area (Å²) in [5.41, 5.74) is 2.14. The summed E-state index contributed by atoms with van der Waals surface area (Å²) in [6.07, 6.45) is 0.977. The maximum atomic E-state index is 13.0. The molecule has 0 aliphatic carbocycles. The highest BCUT2D eigenvalue weighted by atomic mass is 32.2. The molecule has 1 atom stereocenters. The zero-order valence-corrected chi connectivity index (χ0v) is 17.1. The van der Waals surface area contributed by atoms with Gasteiger partial charge >= 0.3 is 0 Å². The standard InChI is InChI=1S/C21H28N2O3S/c1-17-15-20(9-10-21(17)26-3)27(24,25)23-13-11-22(12-14-23)18(2)16-19-7-5-4-6-8-19/h4-10,15,18H,11-14,16H2,1-3H3. The van der Waals surface area contributed by atoms with Crippen molar-refractivity contribution in [2.45, 2.75) is 31.2 Å². The third-order valence-corrected chi connectivity index (χ3v) is 7.17. The number of nitrogens with zero attached hydrogens (tertiary/aromatic N) is 2. The van der Waals surface area contributed by atoms with Crippen LogP contribution in [0.1, 0.15) is 18.1 Å². The summed E-state index contributed by atoms with van der Waals surface area (Å²) in [7, 11) is -1.88. The molecule has 2 aromatic rings. The van der Waals surface area contributed by atoms with Crippen molar-refractivity contribution >= 4 is 10.0 Å². The Morgan fingerprint density at radius 1 is 1.04 bits per heavy atom. The zero-order valence-electron chi connectivity index (χ0n) is 16.3. The van der Waals surface area contributed by atoms with Gasteiger partial charge in [0.1, 0.15) is 5.75 Å². The van der Waals surface area contributed by atoms with Gasteiger partial charge in [-0.1, -0.05) is 30.3 Å². The summed E-state index contributed by atoms with van der Waals surface area (Å²) in [4.78, 5) is 2.71. The van der Waals surface area contributed by atoms with Gasteiger partial charge in [0.2, 0.25) is 10.0 Å². The van der Waals surface area contributed by atoms with Gasteiger partial charge in [0, 0.05) is 32.2 Å². The molecule has 1 heterocycles. The van der Waals surface area contributed by atoms with Gasteiger partial charge in [-0.2, -0.15) is 4.31 Å². The van der Waals surface area contributed by atoms with E-state index in [0.717, 1.165) is 25.1 Å². The maximum Gasteiger partial charge on any atom is 0.243 e. The summed E-state index contributed by atoms with van der Waals surface area (Å²) >= 11 is 0. The Labute approximate surface area is 162 Å². The van der Waals surface area contributed by atoms with Crippen molar-refractivity contribution < 1.29 is 13.2 Å². The number of methoxy groups -OCH3 is 1. The fourth-order valence-corrected chi connectivity index (χ4v) is 5.14. The van der Waals surface area contributed by atoms with Crippen molar-refractivity contribution in [3.63, 3.8) is 0 Å². The third-order valence-electron chi connectivity index (χ3n) is 5.27. The van der Waals surface area contributed by atoms with Crippen molar-refractivity contribution in [2.75, 3.05) is 33.3 Å². The number of ether oxygens (including phenoxy) is 1. The molecule has 0 saturated carbocycles. The number of sulfonamides is 1. The highest BCUT2D eigenvalue weighted by Crippen LogP contribution is 2.25. The van der Waals surface area contributed by atoms with Gasteiger partial charge < -0.3 is 4.74 Å². The van der Waals surface area contributed by atoms with Crippen LogP contribution in [0, 0.1) is 6.92 Å². The molecule has 0 amide bonds. The fourth-order valence-electron chi connectivity index (χ4n) is 3.63. The lowest BCUT2D eigenvalue weighted by Crippen LogP contribution is -2.51. The van der Waals surface area contributed by atoms with Crippen molar-refractivity contribution in [1.82, 2.24) is 9.21 Å². The molecular formula is C21H28N2O3S. The molecule has 1 unspecified atom stereocenters. The summed E-state index contributed by atoms with van der Waals surface area (Å²) in [6, 6.07) is 15.9. The smallest absolute Gasteiger partial charge is 0.243 e. The van der Waals surface area contributed by atoms with Crippen LogP contribution in [0.3, 0.4) is 0 Å². The molecule has 5 nitrogen and oxygen atoms in total. The molecule has 27 heavy (non-hydrogen) atoms. The van der Waals surface area contributed by atoms with Gasteiger partial charge in [-0.05, 0) is 49.6 Å². The summed E-state index contributed by atoms with van der Waals surface area (Å²) in [5, 5.41) is 0. The maximum absolute atomic E-state index is 13.0. The van der Waals surface area contributed by atoms with Crippen LogP contribution in [0.4, 0.5) is 0 Å². The second-order valence-electron chi connectivity index (χ2n) is 7.11. The van der Waals surface area contributed by atoms with Crippen molar-refractivity contribution in [1.29, 1.82) is 0 Å². The van der Waals surface area contributed by atoms with Crippen LogP contribution in [0.5, 0.6) is 5.75 Å². The molecule has 146 valence electrons. The van der Waals surface area contributed by atoms with Gasteiger partial charge in [-0.3, -0.25) is 4.90 Å². The molecule has 1 aliphatic heterocycles. The molecule has 3 rings (SSSR count). The van der Waals surface area contributed by atoms with E-state index < -0.39 is 10.0 Å². The molecule has 0 bridgehead atoms. The van der Waals surface area contributed by atoms with Gasteiger partial charge in [-0.25, -0.2) is 8.42 Å². The minimum Gasteiger partial charge on any atom is -0.496 e. The summed E-state index contributed by atoms with van der Waals surface area (Å²) in [5.74, 6) is 0.702. The van der Waals surface area contributed by atoms with Crippen LogP contribution in [0.25, 0.3) is 0 Å². The number of hydrogen-bond acceptors (Lipinski definition) is 4. The predicted molar refractivity (Wildman–Crippen MR) is 108 cm³/mol. The average Bonchev–Trinajstić information content (AvgIpc) is 2.68. The van der Waals surface area contributed by atoms with E-state index in [-0.39, 0.29) is 0 Å². The number of benzene rings is 2. The molecule has 0 N–H and O–H groups in total. The van der Waals surface area contributed by atoms with Gasteiger partial charge in [0.05, 0.1) is 12.0 Å². The third kappa shape index (κ3) is 4.51. The Balaban J connectivity index is 1.63. The molecular weight excluding hydrogens is 360 g/mol. The van der Waals surface area contributed by atoms with Gasteiger partial charge in [0.25, 0.3) is 0 Å². The van der Waals surface area contributed by atoms with E-state index in [4.69, 9.17) is 4.74 Å². The molecule has 1 aliphatic rings. The molecule has 1 fully saturated rings. The number of hydrogen-bond donors (Lipinski definition) is 0. The van der Waals surface area contributed by atoms with E-state index in [0.29, 0.717) is 29.8 Å². The van der Waals surface area contributed by atoms with E-state index in [1.54, 1.807) is 29.6 Å². The SMILES string of the molecule is COc1ccc(S(=O)(=O)N2CCN(C(C)Cc3ccccc3)CC2)cc1C. The topological polar surface area (TPSA) is 49.9 Å². The lowest BCUT2D eigenvalue weighted by Gasteiger charge is -2.37. The molecule has 1 saturated heterocycles. The first-order valence-electron chi connectivity index (χ1n) is 9.34. The van der Waals surface area contributed by atoms with Gasteiger partial charge in [0.15, 0.2) is 0 Å². The van der Waals surface area contributed by atoms with Crippen LogP contribution in [0.15, 0.2) is 53.4 Å². The fraction of sp³-hybridized carbons (Fsp3) is 0.429. The Morgan fingerprint density at radius 3 is 2.30 bits per heavy atom. The van der Waals surface area contributed by atoms with Crippen molar-refractivity contribution in [3.05, 3.63) is 59.7 Å². The molecule has 0 aromatic heterocycles. The number of rotatable bonds is 6. The van der Waals surface area contributed by atoms with Crippen molar-refractivity contribution in [3.8, 4) is 5.75 Å². The molecule has 0 radical (unpaired) electrons. The Hall–Kier alpha value is -1.89. The Morgan fingerprint density at radius 2 is 1.70 bits per heavy atom. The van der Waals surface area contributed by atoms with Crippen LogP contribution in [-0.2, 0) is 16.4 Å². The zero-order chi connectivity index (χ0) is 19.4.